The molecule has 0 spiro atoms. The van der Waals surface area contributed by atoms with Crippen LogP contribution in [0.5, 0.6) is 0 Å². The van der Waals surface area contributed by atoms with Gasteiger partial charge in [0.25, 0.3) is 0 Å². The Morgan fingerprint density at radius 3 is 2.33 bits per heavy atom. The first-order chi connectivity index (χ1) is 7.00. The standard InChI is InChI=1S/C9H12Cl2N4/c1-15(2)14-9(12)13-8-6(10)4-3-5-7(8)11/h3-5H,1-2H3,(H3,12,13,14). The summed E-state index contributed by atoms with van der Waals surface area (Å²) in [5.74, 6) is 0.231. The lowest BCUT2D eigenvalue weighted by atomic mass is 10.3. The maximum Gasteiger partial charge on any atom is 0.208 e. The van der Waals surface area contributed by atoms with Crippen LogP contribution in [0.3, 0.4) is 0 Å². The van der Waals surface area contributed by atoms with Crippen molar-refractivity contribution in [1.29, 1.82) is 0 Å². The van der Waals surface area contributed by atoms with Crippen molar-refractivity contribution in [3.63, 3.8) is 0 Å². The summed E-state index contributed by atoms with van der Waals surface area (Å²) in [6.45, 7) is 0. The van der Waals surface area contributed by atoms with Gasteiger partial charge in [0.2, 0.25) is 5.96 Å². The summed E-state index contributed by atoms with van der Waals surface area (Å²) in [7, 11) is 3.60. The lowest BCUT2D eigenvalue weighted by Crippen LogP contribution is -2.41. The molecule has 0 bridgehead atoms. The largest absolute Gasteiger partial charge is 0.369 e. The highest BCUT2D eigenvalue weighted by Crippen LogP contribution is 2.32. The van der Waals surface area contributed by atoms with Gasteiger partial charge in [-0.25, -0.2) is 10.0 Å². The van der Waals surface area contributed by atoms with Gasteiger partial charge in [-0.3, -0.25) is 5.43 Å². The van der Waals surface area contributed by atoms with Crippen molar-refractivity contribution < 1.29 is 0 Å². The average Bonchev–Trinajstić information content (AvgIpc) is 2.10. The number of guanidine groups is 1. The molecule has 82 valence electrons. The predicted octanol–water partition coefficient (Wildman–Crippen LogP) is 2.01. The molecule has 1 rings (SSSR count). The Bertz CT molecular complexity index is 356. The summed E-state index contributed by atoms with van der Waals surface area (Å²) in [5, 5.41) is 2.60. The highest BCUT2D eigenvalue weighted by molar-refractivity contribution is 6.38. The van der Waals surface area contributed by atoms with Crippen LogP contribution in [0.4, 0.5) is 5.69 Å². The molecule has 0 aliphatic heterocycles. The SMILES string of the molecule is CN(C)NC(N)=Nc1c(Cl)cccc1Cl. The van der Waals surface area contributed by atoms with Crippen LogP contribution in [0, 0.1) is 0 Å². The van der Waals surface area contributed by atoms with Gasteiger partial charge >= 0.3 is 0 Å². The molecule has 1 aromatic carbocycles. The summed E-state index contributed by atoms with van der Waals surface area (Å²) in [4.78, 5) is 4.08. The molecule has 6 heteroatoms. The Labute approximate surface area is 98.6 Å². The molecule has 0 unspecified atom stereocenters. The molecular weight excluding hydrogens is 235 g/mol. The van der Waals surface area contributed by atoms with E-state index in [9.17, 15) is 0 Å². The summed E-state index contributed by atoms with van der Waals surface area (Å²) < 4.78 is 0. The molecule has 4 nitrogen and oxygen atoms in total. The van der Waals surface area contributed by atoms with Crippen LogP contribution in [0.15, 0.2) is 23.2 Å². The van der Waals surface area contributed by atoms with Gasteiger partial charge in [0.1, 0.15) is 5.69 Å². The van der Waals surface area contributed by atoms with E-state index in [4.69, 9.17) is 28.9 Å². The number of nitrogens with two attached hydrogens (primary N) is 1. The fourth-order valence-corrected chi connectivity index (χ4v) is 1.45. The predicted molar refractivity (Wildman–Crippen MR) is 64.6 cm³/mol. The van der Waals surface area contributed by atoms with Crippen LogP contribution in [-0.4, -0.2) is 25.1 Å². The number of hydrogen-bond donors (Lipinski definition) is 2. The lowest BCUT2D eigenvalue weighted by Gasteiger charge is -2.12. The van der Waals surface area contributed by atoms with Crippen LogP contribution in [0.2, 0.25) is 10.0 Å². The minimum atomic E-state index is 0.231. The smallest absolute Gasteiger partial charge is 0.208 e. The van der Waals surface area contributed by atoms with E-state index in [2.05, 4.69) is 10.4 Å². The molecule has 0 aliphatic carbocycles. The number of nitrogens with zero attached hydrogens (tertiary/aromatic N) is 2. The molecule has 3 N–H and O–H groups in total. The third-order valence-electron chi connectivity index (χ3n) is 1.51. The van der Waals surface area contributed by atoms with Gasteiger partial charge in [-0.05, 0) is 12.1 Å². The number of hydrazine groups is 1. The Balaban J connectivity index is 2.97. The van der Waals surface area contributed by atoms with Crippen LogP contribution >= 0.6 is 23.2 Å². The maximum atomic E-state index is 5.92. The van der Waals surface area contributed by atoms with Gasteiger partial charge in [-0.2, -0.15) is 0 Å². The first kappa shape index (κ1) is 12.1. The molecule has 1 aromatic rings. The van der Waals surface area contributed by atoms with Gasteiger partial charge in [0.15, 0.2) is 0 Å². The summed E-state index contributed by atoms with van der Waals surface area (Å²) in [6.07, 6.45) is 0. The van der Waals surface area contributed by atoms with Gasteiger partial charge < -0.3 is 5.73 Å². The third-order valence-corrected chi connectivity index (χ3v) is 2.12. The number of nitrogens with one attached hydrogen (secondary N) is 1. The molecule has 15 heavy (non-hydrogen) atoms. The van der Waals surface area contributed by atoms with Crippen LogP contribution in [0.1, 0.15) is 0 Å². The normalized spacial score (nSPS) is 11.9. The highest BCUT2D eigenvalue weighted by Gasteiger charge is 2.04. The Hall–Kier alpha value is -0.970. The van der Waals surface area contributed by atoms with Crippen LogP contribution in [0.25, 0.3) is 0 Å². The molecular formula is C9H12Cl2N4. The second kappa shape index (κ2) is 5.21. The summed E-state index contributed by atoms with van der Waals surface area (Å²) in [5.41, 5.74) is 8.88. The Kier molecular flexibility index (Phi) is 4.20. The quantitative estimate of drug-likeness (QED) is 0.477. The number of benzene rings is 1. The van der Waals surface area contributed by atoms with Crippen molar-refractivity contribution in [2.75, 3.05) is 14.1 Å². The van der Waals surface area contributed by atoms with E-state index >= 15 is 0 Å². The van der Waals surface area contributed by atoms with Crippen molar-refractivity contribution in [2.45, 2.75) is 0 Å². The first-order valence-corrected chi connectivity index (χ1v) is 4.98. The van der Waals surface area contributed by atoms with E-state index in [0.29, 0.717) is 15.7 Å². The van der Waals surface area contributed by atoms with Gasteiger partial charge in [-0.1, -0.05) is 29.3 Å². The second-order valence-electron chi connectivity index (χ2n) is 3.07. The number of aliphatic imine (C=N–C) groups is 1. The van der Waals surface area contributed by atoms with Crippen LogP contribution < -0.4 is 11.2 Å². The molecule has 0 aromatic heterocycles. The second-order valence-corrected chi connectivity index (χ2v) is 3.89. The van der Waals surface area contributed by atoms with E-state index in [-0.39, 0.29) is 5.96 Å². The maximum absolute atomic E-state index is 5.92. The average molecular weight is 247 g/mol. The molecule has 0 heterocycles. The fourth-order valence-electron chi connectivity index (χ4n) is 0.970. The van der Waals surface area contributed by atoms with E-state index in [1.807, 2.05) is 0 Å². The van der Waals surface area contributed by atoms with Crippen molar-refractivity contribution in [2.24, 2.45) is 10.7 Å². The zero-order chi connectivity index (χ0) is 11.4. The number of rotatable bonds is 2. The third kappa shape index (κ3) is 3.58. The molecule has 0 amide bonds. The van der Waals surface area contributed by atoms with Crippen molar-refractivity contribution in [3.05, 3.63) is 28.2 Å². The minimum Gasteiger partial charge on any atom is -0.369 e. The molecule has 0 aliphatic rings. The number of para-hydroxylation sites is 1. The van der Waals surface area contributed by atoms with E-state index in [1.54, 1.807) is 37.3 Å². The lowest BCUT2D eigenvalue weighted by molar-refractivity contribution is 0.360. The van der Waals surface area contributed by atoms with Crippen molar-refractivity contribution in [1.82, 2.24) is 10.4 Å². The van der Waals surface area contributed by atoms with Crippen LogP contribution in [-0.2, 0) is 0 Å². The van der Waals surface area contributed by atoms with E-state index in [0.717, 1.165) is 0 Å². The zero-order valence-electron chi connectivity index (χ0n) is 8.46. The van der Waals surface area contributed by atoms with E-state index in [1.165, 1.54) is 0 Å². The van der Waals surface area contributed by atoms with E-state index < -0.39 is 0 Å². The molecule has 0 radical (unpaired) electrons. The van der Waals surface area contributed by atoms with Gasteiger partial charge in [0.05, 0.1) is 10.0 Å². The highest BCUT2D eigenvalue weighted by atomic mass is 35.5. The Morgan fingerprint density at radius 2 is 1.87 bits per heavy atom. The fraction of sp³-hybridized carbons (Fsp3) is 0.222. The number of hydrogen-bond acceptors (Lipinski definition) is 2. The first-order valence-electron chi connectivity index (χ1n) is 4.23. The summed E-state index contributed by atoms with van der Waals surface area (Å²) >= 11 is 11.8. The molecule has 0 saturated heterocycles. The Morgan fingerprint density at radius 1 is 1.33 bits per heavy atom. The van der Waals surface area contributed by atoms with Crippen molar-refractivity contribution in [3.8, 4) is 0 Å². The zero-order valence-corrected chi connectivity index (χ0v) is 9.97. The summed E-state index contributed by atoms with van der Waals surface area (Å²) in [6, 6.07) is 5.16. The molecule has 0 fully saturated rings. The van der Waals surface area contributed by atoms with Gasteiger partial charge in [0, 0.05) is 14.1 Å². The van der Waals surface area contributed by atoms with Crippen molar-refractivity contribution >= 4 is 34.8 Å². The molecule has 0 saturated carbocycles. The topological polar surface area (TPSA) is 53.6 Å². The monoisotopic (exact) mass is 246 g/mol. The minimum absolute atomic E-state index is 0.231. The van der Waals surface area contributed by atoms with Gasteiger partial charge in [-0.15, -0.1) is 0 Å². The molecule has 0 atom stereocenters. The number of halogens is 2.